The van der Waals surface area contributed by atoms with Gasteiger partial charge in [-0.3, -0.25) is 4.79 Å². The first-order valence-corrected chi connectivity index (χ1v) is 7.87. The fourth-order valence-corrected chi connectivity index (χ4v) is 4.24. The number of hydrogen-bond acceptors (Lipinski definition) is 3. The van der Waals surface area contributed by atoms with E-state index in [1.54, 1.807) is 0 Å². The van der Waals surface area contributed by atoms with E-state index in [1.165, 1.54) is 12.8 Å². The van der Waals surface area contributed by atoms with E-state index in [2.05, 4.69) is 17.1 Å². The summed E-state index contributed by atoms with van der Waals surface area (Å²) in [5, 5.41) is 13.3. The van der Waals surface area contributed by atoms with Gasteiger partial charge in [0.25, 0.3) is 0 Å². The van der Waals surface area contributed by atoms with Gasteiger partial charge in [0, 0.05) is 24.5 Å². The van der Waals surface area contributed by atoms with E-state index in [4.69, 9.17) is 0 Å². The van der Waals surface area contributed by atoms with Gasteiger partial charge >= 0.3 is 0 Å². The fourth-order valence-electron chi connectivity index (χ4n) is 4.24. The number of rotatable bonds is 2. The van der Waals surface area contributed by atoms with Crippen molar-refractivity contribution in [2.75, 3.05) is 6.54 Å². The Labute approximate surface area is 115 Å². The second-order valence-electron chi connectivity index (χ2n) is 6.70. The summed E-state index contributed by atoms with van der Waals surface area (Å²) in [6.45, 7) is 3.30. The predicted octanol–water partition coefficient (Wildman–Crippen LogP) is 1.28. The maximum atomic E-state index is 12.6. The second kappa shape index (κ2) is 5.41. The third-order valence-electron chi connectivity index (χ3n) is 5.32. The van der Waals surface area contributed by atoms with Crippen LogP contribution < -0.4 is 5.32 Å². The average Bonchev–Trinajstić information content (AvgIpc) is 2.65. The van der Waals surface area contributed by atoms with E-state index >= 15 is 0 Å². The van der Waals surface area contributed by atoms with Gasteiger partial charge in [0.1, 0.15) is 0 Å². The molecular weight excluding hydrogens is 240 g/mol. The van der Waals surface area contributed by atoms with Crippen LogP contribution in [-0.4, -0.2) is 46.7 Å². The molecule has 3 heterocycles. The number of carbonyl (C=O) groups excluding carboxylic acids is 1. The highest BCUT2D eigenvalue weighted by Gasteiger charge is 2.43. The minimum atomic E-state index is -0.187. The maximum absolute atomic E-state index is 12.6. The Kier molecular flexibility index (Phi) is 3.81. The van der Waals surface area contributed by atoms with E-state index in [9.17, 15) is 9.90 Å². The Bertz CT molecular complexity index is 333. The molecule has 0 aromatic heterocycles. The Hall–Kier alpha value is -0.610. The van der Waals surface area contributed by atoms with Gasteiger partial charge in [-0.2, -0.15) is 0 Å². The van der Waals surface area contributed by atoms with E-state index < -0.39 is 0 Å². The van der Waals surface area contributed by atoms with Crippen LogP contribution >= 0.6 is 0 Å². The summed E-state index contributed by atoms with van der Waals surface area (Å²) in [4.78, 5) is 14.7. The summed E-state index contributed by atoms with van der Waals surface area (Å²) in [5.74, 6) is 0.913. The molecule has 3 saturated heterocycles. The lowest BCUT2D eigenvalue weighted by Gasteiger charge is -2.39. The highest BCUT2D eigenvalue weighted by molar-refractivity contribution is 5.78. The van der Waals surface area contributed by atoms with Crippen molar-refractivity contribution in [3.63, 3.8) is 0 Å². The molecule has 2 bridgehead atoms. The number of nitrogens with zero attached hydrogens (tertiary/aromatic N) is 1. The summed E-state index contributed by atoms with van der Waals surface area (Å²) in [6, 6.07) is 0.966. The van der Waals surface area contributed by atoms with Crippen LogP contribution in [0.15, 0.2) is 0 Å². The molecule has 3 fully saturated rings. The normalized spacial score (nSPS) is 42.4. The number of carbonyl (C=O) groups is 1. The third kappa shape index (κ3) is 2.65. The van der Waals surface area contributed by atoms with Crippen LogP contribution in [-0.2, 0) is 4.79 Å². The Morgan fingerprint density at radius 2 is 1.95 bits per heavy atom. The SMILES string of the molecule is CC1CCCNC1CC(=O)N1C2CCC1CC(O)C2. The van der Waals surface area contributed by atoms with Crippen LogP contribution in [0.1, 0.15) is 51.9 Å². The standard InChI is InChI=1S/C15H26N2O2/c1-10-3-2-6-16-14(10)9-15(19)17-11-4-5-12(17)8-13(18)7-11/h10-14,16,18H,2-9H2,1H3. The Morgan fingerprint density at radius 1 is 1.26 bits per heavy atom. The maximum Gasteiger partial charge on any atom is 0.224 e. The van der Waals surface area contributed by atoms with Crippen molar-refractivity contribution in [1.29, 1.82) is 0 Å². The van der Waals surface area contributed by atoms with Gasteiger partial charge in [0.2, 0.25) is 5.91 Å². The molecule has 0 radical (unpaired) electrons. The summed E-state index contributed by atoms with van der Waals surface area (Å²) in [6.07, 6.45) is 6.66. The molecule has 3 aliphatic rings. The molecule has 3 aliphatic heterocycles. The quantitative estimate of drug-likeness (QED) is 0.791. The smallest absolute Gasteiger partial charge is 0.224 e. The van der Waals surface area contributed by atoms with Crippen LogP contribution in [0.4, 0.5) is 0 Å². The van der Waals surface area contributed by atoms with Crippen molar-refractivity contribution < 1.29 is 9.90 Å². The molecule has 19 heavy (non-hydrogen) atoms. The largest absolute Gasteiger partial charge is 0.393 e. The summed E-state index contributed by atoms with van der Waals surface area (Å²) >= 11 is 0. The number of aliphatic hydroxyl groups excluding tert-OH is 1. The first kappa shape index (κ1) is 13.4. The van der Waals surface area contributed by atoms with Crippen molar-refractivity contribution >= 4 is 5.91 Å². The first-order chi connectivity index (χ1) is 9.15. The average molecular weight is 266 g/mol. The molecule has 4 nitrogen and oxygen atoms in total. The summed E-state index contributed by atoms with van der Waals surface area (Å²) in [7, 11) is 0. The topological polar surface area (TPSA) is 52.6 Å². The molecule has 3 rings (SSSR count). The molecule has 2 N–H and O–H groups in total. The van der Waals surface area contributed by atoms with E-state index in [1.807, 2.05) is 0 Å². The number of aliphatic hydroxyl groups is 1. The monoisotopic (exact) mass is 266 g/mol. The van der Waals surface area contributed by atoms with Gasteiger partial charge in [0.15, 0.2) is 0 Å². The molecular formula is C15H26N2O2. The van der Waals surface area contributed by atoms with Gasteiger partial charge in [-0.25, -0.2) is 0 Å². The third-order valence-corrected chi connectivity index (χ3v) is 5.32. The van der Waals surface area contributed by atoms with Gasteiger partial charge in [-0.15, -0.1) is 0 Å². The molecule has 4 unspecified atom stereocenters. The highest BCUT2D eigenvalue weighted by Crippen LogP contribution is 2.36. The number of nitrogens with one attached hydrogen (secondary N) is 1. The van der Waals surface area contributed by atoms with Crippen molar-refractivity contribution in [2.45, 2.75) is 76.1 Å². The Morgan fingerprint density at radius 3 is 2.58 bits per heavy atom. The molecule has 0 aliphatic carbocycles. The van der Waals surface area contributed by atoms with Crippen LogP contribution in [0.3, 0.4) is 0 Å². The minimum Gasteiger partial charge on any atom is -0.393 e. The van der Waals surface area contributed by atoms with Crippen LogP contribution in [0.5, 0.6) is 0 Å². The van der Waals surface area contributed by atoms with Crippen molar-refractivity contribution in [2.24, 2.45) is 5.92 Å². The molecule has 1 amide bonds. The zero-order valence-corrected chi connectivity index (χ0v) is 11.8. The van der Waals surface area contributed by atoms with Gasteiger partial charge < -0.3 is 15.3 Å². The zero-order chi connectivity index (χ0) is 13.4. The number of amides is 1. The fraction of sp³-hybridized carbons (Fsp3) is 0.933. The van der Waals surface area contributed by atoms with Crippen LogP contribution in [0.2, 0.25) is 0 Å². The first-order valence-electron chi connectivity index (χ1n) is 7.87. The number of fused-ring (bicyclic) bond motifs is 2. The highest BCUT2D eigenvalue weighted by atomic mass is 16.3. The van der Waals surface area contributed by atoms with Gasteiger partial charge in [-0.05, 0) is 51.0 Å². The van der Waals surface area contributed by atoms with Crippen LogP contribution in [0.25, 0.3) is 0 Å². The van der Waals surface area contributed by atoms with Gasteiger partial charge in [0.05, 0.1) is 6.10 Å². The molecule has 0 spiro atoms. The van der Waals surface area contributed by atoms with E-state index in [0.717, 1.165) is 32.2 Å². The number of piperidine rings is 2. The molecule has 0 aromatic carbocycles. The van der Waals surface area contributed by atoms with Gasteiger partial charge in [-0.1, -0.05) is 6.92 Å². The Balaban J connectivity index is 1.61. The lowest BCUT2D eigenvalue weighted by molar-refractivity contribution is -0.138. The van der Waals surface area contributed by atoms with E-state index in [0.29, 0.717) is 36.4 Å². The molecule has 4 heteroatoms. The summed E-state index contributed by atoms with van der Waals surface area (Å²) in [5.41, 5.74) is 0. The van der Waals surface area contributed by atoms with E-state index in [-0.39, 0.29) is 6.10 Å². The molecule has 0 saturated carbocycles. The number of hydrogen-bond donors (Lipinski definition) is 2. The van der Waals surface area contributed by atoms with Crippen molar-refractivity contribution in [3.05, 3.63) is 0 Å². The molecule has 0 aromatic rings. The summed E-state index contributed by atoms with van der Waals surface area (Å²) < 4.78 is 0. The van der Waals surface area contributed by atoms with Crippen molar-refractivity contribution in [1.82, 2.24) is 10.2 Å². The molecule has 108 valence electrons. The predicted molar refractivity (Wildman–Crippen MR) is 73.7 cm³/mol. The minimum absolute atomic E-state index is 0.187. The van der Waals surface area contributed by atoms with Crippen LogP contribution in [0, 0.1) is 5.92 Å². The lowest BCUT2D eigenvalue weighted by Crippen LogP contribution is -2.51. The molecule has 4 atom stereocenters. The van der Waals surface area contributed by atoms with Crippen molar-refractivity contribution in [3.8, 4) is 0 Å². The zero-order valence-electron chi connectivity index (χ0n) is 11.8. The second-order valence-corrected chi connectivity index (χ2v) is 6.70. The lowest BCUT2D eigenvalue weighted by atomic mass is 9.89.